The Hall–Kier alpha value is -2.18. The first-order chi connectivity index (χ1) is 11.5. The summed E-state index contributed by atoms with van der Waals surface area (Å²) < 4.78 is 28.3. The largest absolute Gasteiger partial charge is 0.263 e. The van der Waals surface area contributed by atoms with E-state index in [1.54, 1.807) is 43.3 Å². The molecule has 122 valence electrons. The van der Waals surface area contributed by atoms with Crippen LogP contribution >= 0.6 is 15.9 Å². The molecule has 4 nitrogen and oxygen atoms in total. The molecule has 0 spiro atoms. The fraction of sp³-hybridized carbons (Fsp3) is 0.0556. The molecule has 2 aromatic carbocycles. The van der Waals surface area contributed by atoms with Crippen molar-refractivity contribution in [2.45, 2.75) is 11.8 Å². The number of hydrogen-bond acceptors (Lipinski definition) is 3. The van der Waals surface area contributed by atoms with Gasteiger partial charge >= 0.3 is 0 Å². The first kappa shape index (κ1) is 16.7. The highest BCUT2D eigenvalue weighted by Crippen LogP contribution is 2.23. The molecule has 3 aromatic rings. The Kier molecular flexibility index (Phi) is 4.69. The second-order valence-electron chi connectivity index (χ2n) is 5.26. The van der Waals surface area contributed by atoms with Crippen molar-refractivity contribution in [3.8, 4) is 11.1 Å². The zero-order valence-corrected chi connectivity index (χ0v) is 15.3. The Bertz CT molecular complexity index is 956. The van der Waals surface area contributed by atoms with Crippen LogP contribution in [0.15, 0.2) is 76.1 Å². The third-order valence-electron chi connectivity index (χ3n) is 3.53. The standard InChI is InChI=1S/C18H15BrN2O2S/c1-13-17(19)11-12-18(20-13)21-24(22,23)16-9-7-15(8-10-16)14-5-3-2-4-6-14/h2-12H,1H3,(H,20,21). The summed E-state index contributed by atoms with van der Waals surface area (Å²) in [6.07, 6.45) is 0. The van der Waals surface area contributed by atoms with Gasteiger partial charge in [-0.2, -0.15) is 0 Å². The maximum Gasteiger partial charge on any atom is 0.263 e. The second kappa shape index (κ2) is 6.75. The predicted octanol–water partition coefficient (Wildman–Crippen LogP) is 4.62. The van der Waals surface area contributed by atoms with E-state index >= 15 is 0 Å². The Morgan fingerprint density at radius 2 is 1.50 bits per heavy atom. The van der Waals surface area contributed by atoms with E-state index in [1.165, 1.54) is 0 Å². The maximum atomic E-state index is 12.5. The molecule has 0 radical (unpaired) electrons. The number of hydrogen-bond donors (Lipinski definition) is 1. The molecular weight excluding hydrogens is 388 g/mol. The molecule has 1 aromatic heterocycles. The molecule has 0 saturated heterocycles. The number of pyridine rings is 1. The minimum Gasteiger partial charge on any atom is -0.263 e. The van der Waals surface area contributed by atoms with Gasteiger partial charge in [-0.3, -0.25) is 4.72 Å². The number of aromatic nitrogens is 1. The van der Waals surface area contributed by atoms with Gasteiger partial charge in [0.2, 0.25) is 0 Å². The topological polar surface area (TPSA) is 59.1 Å². The number of aryl methyl sites for hydroxylation is 1. The maximum absolute atomic E-state index is 12.5. The highest BCUT2D eigenvalue weighted by molar-refractivity contribution is 9.10. The van der Waals surface area contributed by atoms with Crippen molar-refractivity contribution in [1.29, 1.82) is 0 Å². The number of halogens is 1. The smallest absolute Gasteiger partial charge is 0.263 e. The van der Waals surface area contributed by atoms with Crippen LogP contribution in [0.2, 0.25) is 0 Å². The van der Waals surface area contributed by atoms with E-state index in [9.17, 15) is 8.42 Å². The Morgan fingerprint density at radius 1 is 0.875 bits per heavy atom. The van der Waals surface area contributed by atoms with Crippen molar-refractivity contribution in [2.24, 2.45) is 0 Å². The summed E-state index contributed by atoms with van der Waals surface area (Å²) in [4.78, 5) is 4.41. The van der Waals surface area contributed by atoms with Gasteiger partial charge in [-0.15, -0.1) is 0 Å². The third-order valence-corrected chi connectivity index (χ3v) is 5.74. The monoisotopic (exact) mass is 402 g/mol. The van der Waals surface area contributed by atoms with Crippen LogP contribution < -0.4 is 4.72 Å². The molecule has 3 rings (SSSR count). The highest BCUT2D eigenvalue weighted by Gasteiger charge is 2.15. The van der Waals surface area contributed by atoms with Crippen molar-refractivity contribution in [2.75, 3.05) is 4.72 Å². The van der Waals surface area contributed by atoms with Crippen LogP contribution in [0.5, 0.6) is 0 Å². The second-order valence-corrected chi connectivity index (χ2v) is 7.80. The molecule has 6 heteroatoms. The number of rotatable bonds is 4. The van der Waals surface area contributed by atoms with Crippen molar-refractivity contribution >= 4 is 31.8 Å². The lowest BCUT2D eigenvalue weighted by Crippen LogP contribution is -2.14. The summed E-state index contributed by atoms with van der Waals surface area (Å²) in [5.74, 6) is 0.294. The first-order valence-electron chi connectivity index (χ1n) is 7.27. The number of sulfonamides is 1. The van der Waals surface area contributed by atoms with Crippen LogP contribution in [0.4, 0.5) is 5.82 Å². The van der Waals surface area contributed by atoms with Gasteiger partial charge in [0.15, 0.2) is 0 Å². The van der Waals surface area contributed by atoms with Crippen LogP contribution in [0, 0.1) is 6.92 Å². The van der Waals surface area contributed by atoms with Gasteiger partial charge in [-0.05, 0) is 58.2 Å². The van der Waals surface area contributed by atoms with Gasteiger partial charge in [0, 0.05) is 4.47 Å². The molecule has 0 aliphatic carbocycles. The summed E-state index contributed by atoms with van der Waals surface area (Å²) in [6, 6.07) is 20.0. The minimum atomic E-state index is -3.67. The average molecular weight is 403 g/mol. The van der Waals surface area contributed by atoms with Crippen LogP contribution in [0.25, 0.3) is 11.1 Å². The van der Waals surface area contributed by atoms with Crippen molar-refractivity contribution < 1.29 is 8.42 Å². The highest BCUT2D eigenvalue weighted by atomic mass is 79.9. The number of benzene rings is 2. The van der Waals surface area contributed by atoms with Gasteiger partial charge in [0.25, 0.3) is 10.0 Å². The van der Waals surface area contributed by atoms with Crippen LogP contribution in [-0.4, -0.2) is 13.4 Å². The number of anilines is 1. The minimum absolute atomic E-state index is 0.199. The third kappa shape index (κ3) is 3.66. The van der Waals surface area contributed by atoms with Gasteiger partial charge in [0.05, 0.1) is 10.6 Å². The van der Waals surface area contributed by atoms with Gasteiger partial charge in [0.1, 0.15) is 5.82 Å². The number of nitrogens with one attached hydrogen (secondary N) is 1. The molecule has 24 heavy (non-hydrogen) atoms. The average Bonchev–Trinajstić information content (AvgIpc) is 2.59. The molecule has 0 amide bonds. The summed E-state index contributed by atoms with van der Waals surface area (Å²) in [5.41, 5.74) is 2.72. The quantitative estimate of drug-likeness (QED) is 0.692. The first-order valence-corrected chi connectivity index (χ1v) is 9.55. The van der Waals surface area contributed by atoms with E-state index in [4.69, 9.17) is 0 Å². The molecule has 0 aliphatic rings. The zero-order chi connectivity index (χ0) is 17.2. The number of nitrogens with zero attached hydrogens (tertiary/aromatic N) is 1. The molecule has 1 N–H and O–H groups in total. The normalized spacial score (nSPS) is 11.2. The Morgan fingerprint density at radius 3 is 2.12 bits per heavy atom. The lowest BCUT2D eigenvalue weighted by Gasteiger charge is -2.09. The molecule has 0 saturated carbocycles. The van der Waals surface area contributed by atoms with Gasteiger partial charge < -0.3 is 0 Å². The van der Waals surface area contributed by atoms with E-state index in [-0.39, 0.29) is 4.90 Å². The summed E-state index contributed by atoms with van der Waals surface area (Å²) in [5, 5.41) is 0. The zero-order valence-electron chi connectivity index (χ0n) is 12.9. The molecule has 0 aliphatic heterocycles. The molecular formula is C18H15BrN2O2S. The summed E-state index contributed by atoms with van der Waals surface area (Å²) in [6.45, 7) is 1.80. The summed E-state index contributed by atoms with van der Waals surface area (Å²) in [7, 11) is -3.67. The van der Waals surface area contributed by atoms with Gasteiger partial charge in [-0.25, -0.2) is 13.4 Å². The van der Waals surface area contributed by atoms with E-state index in [0.717, 1.165) is 21.3 Å². The summed E-state index contributed by atoms with van der Waals surface area (Å²) >= 11 is 3.34. The molecule has 0 fully saturated rings. The van der Waals surface area contributed by atoms with Crippen molar-refractivity contribution in [3.63, 3.8) is 0 Å². The molecule has 0 atom stereocenters. The SMILES string of the molecule is Cc1nc(NS(=O)(=O)c2ccc(-c3ccccc3)cc2)ccc1Br. The molecule has 0 bridgehead atoms. The van der Waals surface area contributed by atoms with Crippen LogP contribution in [0.1, 0.15) is 5.69 Å². The Labute approximate surface area is 149 Å². The fourth-order valence-corrected chi connectivity index (χ4v) is 3.48. The Balaban J connectivity index is 1.86. The van der Waals surface area contributed by atoms with E-state index in [2.05, 4.69) is 25.6 Å². The van der Waals surface area contributed by atoms with E-state index < -0.39 is 10.0 Å². The lowest BCUT2D eigenvalue weighted by atomic mass is 10.1. The molecule has 1 heterocycles. The fourth-order valence-electron chi connectivity index (χ4n) is 2.25. The van der Waals surface area contributed by atoms with Gasteiger partial charge in [-0.1, -0.05) is 42.5 Å². The van der Waals surface area contributed by atoms with E-state index in [0.29, 0.717) is 5.82 Å². The predicted molar refractivity (Wildman–Crippen MR) is 99.4 cm³/mol. The van der Waals surface area contributed by atoms with Crippen molar-refractivity contribution in [1.82, 2.24) is 4.98 Å². The van der Waals surface area contributed by atoms with Crippen LogP contribution in [0.3, 0.4) is 0 Å². The van der Waals surface area contributed by atoms with E-state index in [1.807, 2.05) is 30.3 Å². The molecule has 0 unspecified atom stereocenters. The lowest BCUT2D eigenvalue weighted by molar-refractivity contribution is 0.601. The van der Waals surface area contributed by atoms with Crippen LogP contribution in [-0.2, 0) is 10.0 Å². The van der Waals surface area contributed by atoms with Crippen molar-refractivity contribution in [3.05, 3.63) is 76.9 Å².